The van der Waals surface area contributed by atoms with Crippen molar-refractivity contribution < 1.29 is 4.74 Å². The zero-order valence-electron chi connectivity index (χ0n) is 9.12. The van der Waals surface area contributed by atoms with E-state index in [4.69, 9.17) is 10.00 Å². The van der Waals surface area contributed by atoms with Crippen molar-refractivity contribution in [1.82, 2.24) is 9.97 Å². The summed E-state index contributed by atoms with van der Waals surface area (Å²) in [5.41, 5.74) is 0.288. The van der Waals surface area contributed by atoms with Gasteiger partial charge in [0, 0.05) is 11.1 Å². The van der Waals surface area contributed by atoms with E-state index in [1.54, 1.807) is 11.8 Å². The maximum Gasteiger partial charge on any atom is 0.323 e. The van der Waals surface area contributed by atoms with Crippen molar-refractivity contribution in [1.29, 1.82) is 5.26 Å². The minimum Gasteiger partial charge on any atom is -0.424 e. The van der Waals surface area contributed by atoms with Gasteiger partial charge in [-0.2, -0.15) is 10.2 Å². The fourth-order valence-corrected chi connectivity index (χ4v) is 1.61. The van der Waals surface area contributed by atoms with Crippen molar-refractivity contribution in [3.63, 3.8) is 0 Å². The van der Waals surface area contributed by atoms with Crippen LogP contribution in [0.15, 0.2) is 41.4 Å². The summed E-state index contributed by atoms with van der Waals surface area (Å²) < 4.78 is 5.44. The van der Waals surface area contributed by atoms with E-state index < -0.39 is 0 Å². The van der Waals surface area contributed by atoms with Crippen molar-refractivity contribution in [3.05, 3.63) is 42.2 Å². The largest absolute Gasteiger partial charge is 0.424 e. The fourth-order valence-electron chi connectivity index (χ4n) is 1.20. The van der Waals surface area contributed by atoms with Crippen molar-refractivity contribution in [2.75, 3.05) is 6.26 Å². The van der Waals surface area contributed by atoms with Crippen LogP contribution in [-0.4, -0.2) is 16.2 Å². The minimum absolute atomic E-state index is 0.181. The van der Waals surface area contributed by atoms with Gasteiger partial charge in [0.15, 0.2) is 0 Å². The quantitative estimate of drug-likeness (QED) is 0.776. The first-order valence-corrected chi connectivity index (χ1v) is 6.09. The molecule has 0 saturated carbocycles. The van der Waals surface area contributed by atoms with Crippen molar-refractivity contribution >= 4 is 11.8 Å². The summed E-state index contributed by atoms with van der Waals surface area (Å²) in [6.45, 7) is 0. The van der Waals surface area contributed by atoms with Crippen LogP contribution >= 0.6 is 11.8 Å². The Bertz CT molecular complexity index is 548. The number of rotatable bonds is 3. The van der Waals surface area contributed by atoms with Crippen LogP contribution in [-0.2, 0) is 0 Å². The lowest BCUT2D eigenvalue weighted by atomic mass is 10.3. The number of benzene rings is 1. The van der Waals surface area contributed by atoms with E-state index in [1.165, 1.54) is 12.3 Å². The Labute approximate surface area is 103 Å². The van der Waals surface area contributed by atoms with E-state index in [1.807, 2.05) is 36.6 Å². The minimum atomic E-state index is 0.181. The molecule has 0 N–H and O–H groups in total. The van der Waals surface area contributed by atoms with Gasteiger partial charge < -0.3 is 4.74 Å². The molecule has 0 aliphatic heterocycles. The summed E-state index contributed by atoms with van der Waals surface area (Å²) in [6.07, 6.45) is 3.51. The van der Waals surface area contributed by atoms with Gasteiger partial charge >= 0.3 is 6.01 Å². The summed E-state index contributed by atoms with van der Waals surface area (Å²) >= 11 is 1.66. The number of thioether (sulfide) groups is 1. The molecule has 0 fully saturated rings. The van der Waals surface area contributed by atoms with Crippen molar-refractivity contribution in [2.24, 2.45) is 0 Å². The van der Waals surface area contributed by atoms with Crippen LogP contribution in [0.25, 0.3) is 0 Å². The number of nitriles is 1. The lowest BCUT2D eigenvalue weighted by Crippen LogP contribution is -1.93. The summed E-state index contributed by atoms with van der Waals surface area (Å²) in [7, 11) is 0. The highest BCUT2D eigenvalue weighted by atomic mass is 32.2. The highest BCUT2D eigenvalue weighted by Crippen LogP contribution is 2.21. The molecule has 2 aromatic rings. The first-order chi connectivity index (χ1) is 8.31. The standard InChI is InChI=1S/C12H9N3OS/c1-17-11-4-2-10(3-5-11)16-12-14-7-6-9(8-13)15-12/h2-7H,1H3. The van der Waals surface area contributed by atoms with Gasteiger partial charge in [-0.25, -0.2) is 4.98 Å². The van der Waals surface area contributed by atoms with Crippen LogP contribution in [0, 0.1) is 11.3 Å². The van der Waals surface area contributed by atoms with E-state index >= 15 is 0 Å². The summed E-state index contributed by atoms with van der Waals surface area (Å²) in [6, 6.07) is 11.2. The van der Waals surface area contributed by atoms with Crippen LogP contribution < -0.4 is 4.74 Å². The Morgan fingerprint density at radius 1 is 1.24 bits per heavy atom. The Morgan fingerprint density at radius 3 is 2.65 bits per heavy atom. The number of ether oxygens (including phenoxy) is 1. The van der Waals surface area contributed by atoms with Crippen LogP contribution in [0.3, 0.4) is 0 Å². The second-order valence-corrected chi connectivity index (χ2v) is 3.99. The second-order valence-electron chi connectivity index (χ2n) is 3.11. The molecule has 84 valence electrons. The second kappa shape index (κ2) is 5.32. The molecule has 0 atom stereocenters. The summed E-state index contributed by atoms with van der Waals surface area (Å²) in [4.78, 5) is 9.02. The van der Waals surface area contributed by atoms with Crippen LogP contribution in [0.2, 0.25) is 0 Å². The van der Waals surface area contributed by atoms with Crippen LogP contribution in [0.4, 0.5) is 0 Å². The average molecular weight is 243 g/mol. The highest BCUT2D eigenvalue weighted by molar-refractivity contribution is 7.98. The molecule has 17 heavy (non-hydrogen) atoms. The predicted octanol–water partition coefficient (Wildman–Crippen LogP) is 2.86. The van der Waals surface area contributed by atoms with E-state index in [0.29, 0.717) is 5.75 Å². The molecule has 0 spiro atoms. The molecule has 0 bridgehead atoms. The number of hydrogen-bond donors (Lipinski definition) is 0. The van der Waals surface area contributed by atoms with Gasteiger partial charge in [-0.05, 0) is 36.6 Å². The topological polar surface area (TPSA) is 58.8 Å². The maximum absolute atomic E-state index is 8.70. The molecule has 4 nitrogen and oxygen atoms in total. The smallest absolute Gasteiger partial charge is 0.323 e. The molecule has 0 aliphatic carbocycles. The average Bonchev–Trinajstić information content (AvgIpc) is 2.40. The Morgan fingerprint density at radius 2 is 2.00 bits per heavy atom. The Balaban J connectivity index is 2.16. The third-order valence-electron chi connectivity index (χ3n) is 2.02. The van der Waals surface area contributed by atoms with Gasteiger partial charge in [0.25, 0.3) is 0 Å². The summed E-state index contributed by atoms with van der Waals surface area (Å²) in [5.74, 6) is 0.651. The molecular formula is C12H9N3OS. The lowest BCUT2D eigenvalue weighted by Gasteiger charge is -2.03. The van der Waals surface area contributed by atoms with Crippen LogP contribution in [0.1, 0.15) is 5.69 Å². The molecule has 1 aromatic heterocycles. The third-order valence-corrected chi connectivity index (χ3v) is 2.76. The highest BCUT2D eigenvalue weighted by Gasteiger charge is 2.01. The predicted molar refractivity (Wildman–Crippen MR) is 65.0 cm³/mol. The molecule has 0 saturated heterocycles. The molecule has 1 heterocycles. The van der Waals surface area contributed by atoms with Gasteiger partial charge in [0.05, 0.1) is 0 Å². The van der Waals surface area contributed by atoms with Gasteiger partial charge in [-0.1, -0.05) is 0 Å². The third kappa shape index (κ3) is 2.95. The molecule has 0 amide bonds. The van der Waals surface area contributed by atoms with E-state index in [0.717, 1.165) is 4.90 Å². The first-order valence-electron chi connectivity index (χ1n) is 4.87. The molecule has 0 unspecified atom stereocenters. The van der Waals surface area contributed by atoms with Crippen molar-refractivity contribution in [2.45, 2.75) is 4.90 Å². The molecule has 5 heteroatoms. The Hall–Kier alpha value is -2.06. The van der Waals surface area contributed by atoms with E-state index in [-0.39, 0.29) is 11.7 Å². The number of nitrogens with zero attached hydrogens (tertiary/aromatic N) is 3. The molecule has 2 rings (SSSR count). The first kappa shape index (κ1) is 11.4. The zero-order chi connectivity index (χ0) is 12.1. The SMILES string of the molecule is CSc1ccc(Oc2nccc(C#N)n2)cc1. The van der Waals surface area contributed by atoms with Gasteiger partial charge in [-0.3, -0.25) is 0 Å². The van der Waals surface area contributed by atoms with Crippen molar-refractivity contribution in [3.8, 4) is 17.8 Å². The Kier molecular flexibility index (Phi) is 3.58. The van der Waals surface area contributed by atoms with Gasteiger partial charge in [-0.15, -0.1) is 11.8 Å². The lowest BCUT2D eigenvalue weighted by molar-refractivity contribution is 0.441. The monoisotopic (exact) mass is 243 g/mol. The molecule has 0 aliphatic rings. The molecule has 0 radical (unpaired) electrons. The van der Waals surface area contributed by atoms with E-state index in [9.17, 15) is 0 Å². The maximum atomic E-state index is 8.70. The number of aromatic nitrogens is 2. The normalized spacial score (nSPS) is 9.65. The zero-order valence-corrected chi connectivity index (χ0v) is 9.94. The van der Waals surface area contributed by atoms with Gasteiger partial charge in [0.1, 0.15) is 17.5 Å². The molecule has 1 aromatic carbocycles. The van der Waals surface area contributed by atoms with Crippen LogP contribution in [0.5, 0.6) is 11.8 Å². The number of hydrogen-bond acceptors (Lipinski definition) is 5. The van der Waals surface area contributed by atoms with E-state index in [2.05, 4.69) is 9.97 Å². The summed E-state index contributed by atoms with van der Waals surface area (Å²) in [5, 5.41) is 8.70. The van der Waals surface area contributed by atoms with Gasteiger partial charge in [0.2, 0.25) is 0 Å². The molecular weight excluding hydrogens is 234 g/mol. The fraction of sp³-hybridized carbons (Fsp3) is 0.0833.